The predicted molar refractivity (Wildman–Crippen MR) is 131 cm³/mol. The van der Waals surface area contributed by atoms with Gasteiger partial charge in [-0.2, -0.15) is 0 Å². The molecule has 28 heavy (non-hydrogen) atoms. The van der Waals surface area contributed by atoms with Crippen LogP contribution in [0.2, 0.25) is 0 Å². The molecule has 2 aliphatic rings. The maximum atomic E-state index is 6.07. The van der Waals surface area contributed by atoms with Gasteiger partial charge in [0.15, 0.2) is 5.96 Å². The molecule has 5 nitrogen and oxygen atoms in total. The first-order valence-electron chi connectivity index (χ1n) is 10.9. The molecule has 0 radical (unpaired) electrons. The smallest absolute Gasteiger partial charge is 0.188 e. The number of nitrogens with zero attached hydrogens (tertiary/aromatic N) is 3. The SMILES string of the molecule is I.NC(=NCCCCN1CCN(c2ccccc2)CC1)NC1CCCCCC1. The second kappa shape index (κ2) is 13.2. The van der Waals surface area contributed by atoms with E-state index in [1.165, 1.54) is 57.2 Å². The summed E-state index contributed by atoms with van der Waals surface area (Å²) in [4.78, 5) is 9.61. The van der Waals surface area contributed by atoms with Crippen molar-refractivity contribution < 1.29 is 0 Å². The third kappa shape index (κ3) is 8.15. The summed E-state index contributed by atoms with van der Waals surface area (Å²) < 4.78 is 0. The highest BCUT2D eigenvalue weighted by Gasteiger charge is 2.16. The first-order valence-corrected chi connectivity index (χ1v) is 10.9. The van der Waals surface area contributed by atoms with Crippen LogP contribution >= 0.6 is 24.0 Å². The van der Waals surface area contributed by atoms with E-state index in [-0.39, 0.29) is 24.0 Å². The Morgan fingerprint density at radius 3 is 2.32 bits per heavy atom. The third-order valence-corrected chi connectivity index (χ3v) is 5.87. The summed E-state index contributed by atoms with van der Waals surface area (Å²) >= 11 is 0. The molecule has 6 heteroatoms. The van der Waals surface area contributed by atoms with Crippen molar-refractivity contribution in [3.8, 4) is 0 Å². The minimum absolute atomic E-state index is 0. The molecular formula is C22H38IN5. The van der Waals surface area contributed by atoms with Gasteiger partial charge < -0.3 is 16.0 Å². The number of hydrogen-bond donors (Lipinski definition) is 2. The first kappa shape index (κ1) is 23.3. The van der Waals surface area contributed by atoms with E-state index in [0.29, 0.717) is 12.0 Å². The molecule has 0 atom stereocenters. The van der Waals surface area contributed by atoms with Crippen molar-refractivity contribution in [3.05, 3.63) is 30.3 Å². The average molecular weight is 499 g/mol. The Morgan fingerprint density at radius 1 is 0.964 bits per heavy atom. The van der Waals surface area contributed by atoms with Gasteiger partial charge in [0.1, 0.15) is 0 Å². The van der Waals surface area contributed by atoms with Crippen molar-refractivity contribution in [1.82, 2.24) is 10.2 Å². The average Bonchev–Trinajstić information content (AvgIpc) is 2.97. The summed E-state index contributed by atoms with van der Waals surface area (Å²) in [6, 6.07) is 11.3. The monoisotopic (exact) mass is 499 g/mol. The van der Waals surface area contributed by atoms with Crippen molar-refractivity contribution in [2.24, 2.45) is 10.7 Å². The van der Waals surface area contributed by atoms with Crippen LogP contribution in [-0.4, -0.2) is 56.2 Å². The maximum absolute atomic E-state index is 6.07. The molecule has 2 fully saturated rings. The predicted octanol–water partition coefficient (Wildman–Crippen LogP) is 3.83. The summed E-state index contributed by atoms with van der Waals surface area (Å²) in [6.45, 7) is 6.58. The van der Waals surface area contributed by atoms with E-state index < -0.39 is 0 Å². The van der Waals surface area contributed by atoms with Crippen LogP contribution in [0.4, 0.5) is 5.69 Å². The van der Waals surface area contributed by atoms with Crippen LogP contribution in [0, 0.1) is 0 Å². The molecule has 1 aromatic rings. The molecule has 0 spiro atoms. The molecule has 1 saturated carbocycles. The molecule has 1 heterocycles. The van der Waals surface area contributed by atoms with Crippen molar-refractivity contribution in [1.29, 1.82) is 0 Å². The molecule has 158 valence electrons. The van der Waals surface area contributed by atoms with E-state index >= 15 is 0 Å². The summed E-state index contributed by atoms with van der Waals surface area (Å²) in [5.41, 5.74) is 7.42. The highest BCUT2D eigenvalue weighted by Crippen LogP contribution is 2.17. The van der Waals surface area contributed by atoms with E-state index in [1.54, 1.807) is 0 Å². The summed E-state index contributed by atoms with van der Waals surface area (Å²) in [5.74, 6) is 0.651. The minimum atomic E-state index is 0. The quantitative estimate of drug-likeness (QED) is 0.197. The Balaban J connectivity index is 0.00000280. The van der Waals surface area contributed by atoms with Crippen molar-refractivity contribution >= 4 is 35.6 Å². The van der Waals surface area contributed by atoms with E-state index in [9.17, 15) is 0 Å². The fourth-order valence-corrected chi connectivity index (χ4v) is 4.19. The van der Waals surface area contributed by atoms with Gasteiger partial charge in [-0.1, -0.05) is 43.9 Å². The largest absolute Gasteiger partial charge is 0.370 e. The Morgan fingerprint density at radius 2 is 1.64 bits per heavy atom. The molecule has 1 aromatic carbocycles. The number of unbranched alkanes of at least 4 members (excludes halogenated alkanes) is 1. The number of nitrogens with one attached hydrogen (secondary N) is 1. The lowest BCUT2D eigenvalue weighted by atomic mass is 10.1. The van der Waals surface area contributed by atoms with Crippen LogP contribution in [0.15, 0.2) is 35.3 Å². The normalized spacial score (nSPS) is 19.7. The Bertz CT molecular complexity index is 549. The van der Waals surface area contributed by atoms with Gasteiger partial charge in [0.05, 0.1) is 0 Å². The molecule has 3 rings (SSSR count). The zero-order valence-electron chi connectivity index (χ0n) is 17.2. The van der Waals surface area contributed by atoms with Gasteiger partial charge in [0.25, 0.3) is 0 Å². The van der Waals surface area contributed by atoms with E-state index in [4.69, 9.17) is 5.73 Å². The van der Waals surface area contributed by atoms with E-state index in [1.807, 2.05) is 0 Å². The first-order chi connectivity index (χ1) is 13.3. The van der Waals surface area contributed by atoms with Crippen molar-refractivity contribution in [2.75, 3.05) is 44.2 Å². The van der Waals surface area contributed by atoms with Crippen molar-refractivity contribution in [3.63, 3.8) is 0 Å². The molecule has 1 aliphatic heterocycles. The maximum Gasteiger partial charge on any atom is 0.188 e. The number of hydrogen-bond acceptors (Lipinski definition) is 3. The lowest BCUT2D eigenvalue weighted by Crippen LogP contribution is -2.46. The molecule has 1 aliphatic carbocycles. The zero-order chi connectivity index (χ0) is 18.7. The third-order valence-electron chi connectivity index (χ3n) is 5.87. The standard InChI is InChI=1S/C22H37N5.HI/c23-22(25-20-10-4-1-2-5-11-20)24-14-8-9-15-26-16-18-27(19-17-26)21-12-6-3-7-13-21;/h3,6-7,12-13,20H,1-2,4-5,8-11,14-19H2,(H3,23,24,25);1H. The number of anilines is 1. The zero-order valence-corrected chi connectivity index (χ0v) is 19.5. The van der Waals surface area contributed by atoms with Crippen molar-refractivity contribution in [2.45, 2.75) is 57.4 Å². The summed E-state index contributed by atoms with van der Waals surface area (Å²) in [7, 11) is 0. The van der Waals surface area contributed by atoms with E-state index in [2.05, 4.69) is 50.4 Å². The van der Waals surface area contributed by atoms with Crippen LogP contribution in [0.3, 0.4) is 0 Å². The Kier molecular flexibility index (Phi) is 11.0. The number of nitrogens with two attached hydrogens (primary N) is 1. The van der Waals surface area contributed by atoms with Gasteiger partial charge in [-0.25, -0.2) is 0 Å². The number of guanidine groups is 1. The van der Waals surface area contributed by atoms with Gasteiger partial charge >= 0.3 is 0 Å². The van der Waals surface area contributed by atoms with Crippen LogP contribution in [0.1, 0.15) is 51.4 Å². The van der Waals surface area contributed by atoms with Gasteiger partial charge in [-0.15, -0.1) is 24.0 Å². The van der Waals surface area contributed by atoms with Gasteiger partial charge in [-0.05, 0) is 44.4 Å². The second-order valence-electron chi connectivity index (χ2n) is 7.97. The topological polar surface area (TPSA) is 56.9 Å². The fourth-order valence-electron chi connectivity index (χ4n) is 4.19. The molecule has 0 bridgehead atoms. The van der Waals surface area contributed by atoms with Crippen LogP contribution in [-0.2, 0) is 0 Å². The highest BCUT2D eigenvalue weighted by molar-refractivity contribution is 14.0. The molecule has 0 aromatic heterocycles. The molecule has 3 N–H and O–H groups in total. The summed E-state index contributed by atoms with van der Waals surface area (Å²) in [6.07, 6.45) is 10.2. The Hall–Kier alpha value is -1.02. The second-order valence-corrected chi connectivity index (χ2v) is 7.97. The summed E-state index contributed by atoms with van der Waals surface area (Å²) in [5, 5.41) is 3.43. The van der Waals surface area contributed by atoms with E-state index in [0.717, 1.165) is 39.1 Å². The highest BCUT2D eigenvalue weighted by atomic mass is 127. The van der Waals surface area contributed by atoms with Crippen LogP contribution in [0.25, 0.3) is 0 Å². The lowest BCUT2D eigenvalue weighted by Gasteiger charge is -2.36. The van der Waals surface area contributed by atoms with Gasteiger partial charge in [0, 0.05) is 44.5 Å². The van der Waals surface area contributed by atoms with Gasteiger partial charge in [0.2, 0.25) is 0 Å². The van der Waals surface area contributed by atoms with Crippen LogP contribution < -0.4 is 16.0 Å². The van der Waals surface area contributed by atoms with Gasteiger partial charge in [-0.3, -0.25) is 9.89 Å². The number of halogens is 1. The molecule has 0 unspecified atom stereocenters. The number of rotatable bonds is 7. The number of para-hydroxylation sites is 1. The number of aliphatic imine (C=N–C) groups is 1. The molecular weight excluding hydrogens is 461 g/mol. The minimum Gasteiger partial charge on any atom is -0.370 e. The number of piperazine rings is 1. The lowest BCUT2D eigenvalue weighted by molar-refractivity contribution is 0.253. The molecule has 0 amide bonds. The van der Waals surface area contributed by atoms with Crippen LogP contribution in [0.5, 0.6) is 0 Å². The molecule has 1 saturated heterocycles. The Labute approximate surface area is 188 Å². The number of benzene rings is 1. The fraction of sp³-hybridized carbons (Fsp3) is 0.682.